The van der Waals surface area contributed by atoms with Gasteiger partial charge in [-0.15, -0.1) is 0 Å². The summed E-state index contributed by atoms with van der Waals surface area (Å²) in [6.45, 7) is 3.97. The maximum Gasteiger partial charge on any atom is 0.224 e. The van der Waals surface area contributed by atoms with E-state index >= 15 is 0 Å². The molecule has 110 valence electrons. The number of anilines is 3. The lowest BCUT2D eigenvalue weighted by Gasteiger charge is -2.10. The zero-order valence-electron chi connectivity index (χ0n) is 12.1. The van der Waals surface area contributed by atoms with Crippen LogP contribution in [0.4, 0.5) is 17.2 Å². The smallest absolute Gasteiger partial charge is 0.224 e. The van der Waals surface area contributed by atoms with Gasteiger partial charge in [0.05, 0.1) is 11.9 Å². The quantitative estimate of drug-likeness (QED) is 0.853. The lowest BCUT2D eigenvalue weighted by atomic mass is 10.2. The van der Waals surface area contributed by atoms with Gasteiger partial charge in [0.15, 0.2) is 0 Å². The monoisotopic (exact) mass is 303 g/mol. The molecule has 1 amide bonds. The Morgan fingerprint density at radius 1 is 1.29 bits per heavy atom. The van der Waals surface area contributed by atoms with Crippen molar-refractivity contribution in [3.05, 3.63) is 47.1 Å². The number of carbonyl (C=O) groups excluding carboxylic acids is 1. The molecule has 2 N–H and O–H groups in total. The van der Waals surface area contributed by atoms with Gasteiger partial charge in [0.25, 0.3) is 0 Å². The number of nitrogens with zero attached hydrogens (tertiary/aromatic N) is 1. The lowest BCUT2D eigenvalue weighted by Crippen LogP contribution is -2.10. The predicted molar refractivity (Wildman–Crippen MR) is 87.2 cm³/mol. The third kappa shape index (κ3) is 4.46. The number of aromatic nitrogens is 1. The van der Waals surface area contributed by atoms with Gasteiger partial charge in [-0.2, -0.15) is 0 Å². The summed E-state index contributed by atoms with van der Waals surface area (Å²) >= 11 is 5.99. The number of pyridine rings is 1. The molecule has 0 radical (unpaired) electrons. The highest BCUT2D eigenvalue weighted by Gasteiger charge is 2.03. The maximum atomic E-state index is 11.5. The molecule has 1 aromatic heterocycles. The molecule has 2 aromatic rings. The first-order valence-corrected chi connectivity index (χ1v) is 7.25. The molecule has 0 spiro atoms. The Morgan fingerprint density at radius 3 is 2.76 bits per heavy atom. The standard InChI is InChI=1S/C16H18ClN3O/c1-3-4-16(21)19-13-7-8-15(18-10-13)20-14-9-12(17)6-5-11(14)2/h5-10H,3-4H2,1-2H3,(H,18,20)(H,19,21). The highest BCUT2D eigenvalue weighted by molar-refractivity contribution is 6.30. The zero-order chi connectivity index (χ0) is 15.2. The van der Waals surface area contributed by atoms with Gasteiger partial charge in [0.1, 0.15) is 5.82 Å². The predicted octanol–water partition coefficient (Wildman–Crippen LogP) is 4.53. The van der Waals surface area contributed by atoms with Crippen molar-refractivity contribution in [3.63, 3.8) is 0 Å². The molecule has 0 saturated heterocycles. The summed E-state index contributed by atoms with van der Waals surface area (Å²) in [7, 11) is 0. The molecular weight excluding hydrogens is 286 g/mol. The van der Waals surface area contributed by atoms with E-state index in [2.05, 4.69) is 15.6 Å². The number of hydrogen-bond donors (Lipinski definition) is 2. The van der Waals surface area contributed by atoms with E-state index in [0.29, 0.717) is 22.9 Å². The molecule has 21 heavy (non-hydrogen) atoms. The normalized spacial score (nSPS) is 10.2. The van der Waals surface area contributed by atoms with Gasteiger partial charge >= 0.3 is 0 Å². The van der Waals surface area contributed by atoms with E-state index in [0.717, 1.165) is 17.7 Å². The second-order valence-corrected chi connectivity index (χ2v) is 5.25. The molecule has 4 nitrogen and oxygen atoms in total. The molecule has 5 heteroatoms. The molecule has 0 atom stereocenters. The van der Waals surface area contributed by atoms with Crippen molar-refractivity contribution in [2.45, 2.75) is 26.7 Å². The van der Waals surface area contributed by atoms with Gasteiger partial charge in [-0.05, 0) is 43.2 Å². The SMILES string of the molecule is CCCC(=O)Nc1ccc(Nc2cc(Cl)ccc2C)nc1. The van der Waals surface area contributed by atoms with Crippen molar-refractivity contribution in [1.82, 2.24) is 4.98 Å². The fourth-order valence-electron chi connectivity index (χ4n) is 1.86. The highest BCUT2D eigenvalue weighted by atomic mass is 35.5. The van der Waals surface area contributed by atoms with Crippen LogP contribution in [0.3, 0.4) is 0 Å². The molecule has 0 aliphatic rings. The molecule has 0 aliphatic carbocycles. The average Bonchev–Trinajstić information content (AvgIpc) is 2.45. The number of rotatable bonds is 5. The second kappa shape index (κ2) is 7.09. The van der Waals surface area contributed by atoms with E-state index in [1.807, 2.05) is 44.2 Å². The minimum absolute atomic E-state index is 0.00527. The van der Waals surface area contributed by atoms with E-state index < -0.39 is 0 Å². The van der Waals surface area contributed by atoms with Gasteiger partial charge in [0, 0.05) is 17.1 Å². The largest absolute Gasteiger partial charge is 0.340 e. The Kier molecular flexibility index (Phi) is 5.17. The first-order chi connectivity index (χ1) is 10.1. The Bertz CT molecular complexity index is 626. The van der Waals surface area contributed by atoms with Crippen LogP contribution in [0.1, 0.15) is 25.3 Å². The van der Waals surface area contributed by atoms with E-state index in [4.69, 9.17) is 11.6 Å². The fourth-order valence-corrected chi connectivity index (χ4v) is 2.03. The summed E-state index contributed by atoms with van der Waals surface area (Å²) in [4.78, 5) is 15.8. The molecule has 1 heterocycles. The molecular formula is C16H18ClN3O. The van der Waals surface area contributed by atoms with Crippen molar-refractivity contribution >= 4 is 34.7 Å². The van der Waals surface area contributed by atoms with Gasteiger partial charge in [-0.1, -0.05) is 24.6 Å². The van der Waals surface area contributed by atoms with Gasteiger partial charge in [-0.25, -0.2) is 4.98 Å². The summed E-state index contributed by atoms with van der Waals surface area (Å²) < 4.78 is 0. The Balaban J connectivity index is 2.05. The zero-order valence-corrected chi connectivity index (χ0v) is 12.9. The van der Waals surface area contributed by atoms with Crippen molar-refractivity contribution in [2.75, 3.05) is 10.6 Å². The number of nitrogens with one attached hydrogen (secondary N) is 2. The molecule has 0 saturated carbocycles. The third-order valence-electron chi connectivity index (χ3n) is 2.99. The highest BCUT2D eigenvalue weighted by Crippen LogP contribution is 2.23. The summed E-state index contributed by atoms with van der Waals surface area (Å²) in [5, 5.41) is 6.69. The van der Waals surface area contributed by atoms with Gasteiger partial charge in [-0.3, -0.25) is 4.79 Å². The summed E-state index contributed by atoms with van der Waals surface area (Å²) in [5.41, 5.74) is 2.70. The Morgan fingerprint density at radius 2 is 2.10 bits per heavy atom. The average molecular weight is 304 g/mol. The van der Waals surface area contributed by atoms with Crippen LogP contribution in [0.5, 0.6) is 0 Å². The number of carbonyl (C=O) groups is 1. The van der Waals surface area contributed by atoms with E-state index in [1.54, 1.807) is 6.20 Å². The molecule has 0 bridgehead atoms. The molecule has 0 aliphatic heterocycles. The first kappa shape index (κ1) is 15.3. The van der Waals surface area contributed by atoms with Crippen LogP contribution >= 0.6 is 11.6 Å². The van der Waals surface area contributed by atoms with Crippen LogP contribution in [0.2, 0.25) is 5.02 Å². The Hall–Kier alpha value is -2.07. The van der Waals surface area contributed by atoms with Crippen molar-refractivity contribution in [2.24, 2.45) is 0 Å². The molecule has 2 rings (SSSR count). The van der Waals surface area contributed by atoms with Crippen molar-refractivity contribution < 1.29 is 4.79 Å². The van der Waals surface area contributed by atoms with Crippen LogP contribution in [0, 0.1) is 6.92 Å². The summed E-state index contributed by atoms with van der Waals surface area (Å²) in [6.07, 6.45) is 2.98. The Labute approximate surface area is 129 Å². The molecule has 0 unspecified atom stereocenters. The maximum absolute atomic E-state index is 11.5. The first-order valence-electron chi connectivity index (χ1n) is 6.87. The fraction of sp³-hybridized carbons (Fsp3) is 0.250. The van der Waals surface area contributed by atoms with Crippen LogP contribution in [0.15, 0.2) is 36.5 Å². The van der Waals surface area contributed by atoms with Crippen molar-refractivity contribution in [1.29, 1.82) is 0 Å². The lowest BCUT2D eigenvalue weighted by molar-refractivity contribution is -0.116. The van der Waals surface area contributed by atoms with Gasteiger partial charge in [0.2, 0.25) is 5.91 Å². The van der Waals surface area contributed by atoms with Crippen LogP contribution < -0.4 is 10.6 Å². The third-order valence-corrected chi connectivity index (χ3v) is 3.22. The molecule has 1 aromatic carbocycles. The number of benzene rings is 1. The second-order valence-electron chi connectivity index (χ2n) is 4.81. The molecule has 0 fully saturated rings. The number of amides is 1. The van der Waals surface area contributed by atoms with Crippen LogP contribution in [0.25, 0.3) is 0 Å². The number of hydrogen-bond acceptors (Lipinski definition) is 3. The minimum atomic E-state index is 0.00527. The topological polar surface area (TPSA) is 54.0 Å². The van der Waals surface area contributed by atoms with Crippen LogP contribution in [-0.2, 0) is 4.79 Å². The number of halogens is 1. The minimum Gasteiger partial charge on any atom is -0.340 e. The van der Waals surface area contributed by atoms with Gasteiger partial charge < -0.3 is 10.6 Å². The summed E-state index contributed by atoms with van der Waals surface area (Å²) in [6, 6.07) is 9.30. The van der Waals surface area contributed by atoms with E-state index in [1.165, 1.54) is 0 Å². The summed E-state index contributed by atoms with van der Waals surface area (Å²) in [5.74, 6) is 0.708. The van der Waals surface area contributed by atoms with Crippen molar-refractivity contribution in [3.8, 4) is 0 Å². The van der Waals surface area contributed by atoms with E-state index in [9.17, 15) is 4.79 Å². The number of aryl methyl sites for hydroxylation is 1. The van der Waals surface area contributed by atoms with E-state index in [-0.39, 0.29) is 5.91 Å². The van der Waals surface area contributed by atoms with Crippen LogP contribution in [-0.4, -0.2) is 10.9 Å².